The van der Waals surface area contributed by atoms with Crippen LogP contribution in [0.5, 0.6) is 0 Å². The van der Waals surface area contributed by atoms with Crippen LogP contribution in [-0.2, 0) is 9.59 Å². The first-order valence-electron chi connectivity index (χ1n) is 9.49. The highest BCUT2D eigenvalue weighted by Crippen LogP contribution is 2.22. The molecule has 154 valence electrons. The van der Waals surface area contributed by atoms with Crippen LogP contribution in [0.15, 0.2) is 71.3 Å². The molecule has 31 heavy (non-hydrogen) atoms. The third kappa shape index (κ3) is 5.43. The van der Waals surface area contributed by atoms with Gasteiger partial charge in [0.25, 0.3) is 0 Å². The number of anilines is 2. The van der Waals surface area contributed by atoms with E-state index in [-0.39, 0.29) is 12.3 Å². The Kier molecular flexibility index (Phi) is 6.18. The molecule has 7 nitrogen and oxygen atoms in total. The molecule has 4 aromatic rings. The van der Waals surface area contributed by atoms with Crippen LogP contribution in [0.2, 0.25) is 0 Å². The number of H-pyrrole nitrogens is 1. The third-order valence-corrected chi connectivity index (χ3v) is 4.90. The predicted molar refractivity (Wildman–Crippen MR) is 125 cm³/mol. The summed E-state index contributed by atoms with van der Waals surface area (Å²) >= 11 is 3.34. The van der Waals surface area contributed by atoms with E-state index in [0.29, 0.717) is 11.4 Å². The van der Waals surface area contributed by atoms with E-state index >= 15 is 0 Å². The van der Waals surface area contributed by atoms with Gasteiger partial charge in [-0.15, -0.1) is 0 Å². The van der Waals surface area contributed by atoms with Gasteiger partial charge in [-0.2, -0.15) is 5.10 Å². The highest BCUT2D eigenvalue weighted by Gasteiger charge is 2.11. The number of carbonyl (C=O) groups excluding carboxylic acids is 2. The lowest BCUT2D eigenvalue weighted by Gasteiger charge is -2.07. The molecular weight excluding hydrogens is 458 g/mol. The van der Waals surface area contributed by atoms with Gasteiger partial charge in [-0.3, -0.25) is 19.7 Å². The van der Waals surface area contributed by atoms with Crippen molar-refractivity contribution in [3.63, 3.8) is 0 Å². The Bertz CT molecular complexity index is 1270. The van der Waals surface area contributed by atoms with Gasteiger partial charge in [-0.05, 0) is 60.7 Å². The number of hydrogen-bond acceptors (Lipinski definition) is 4. The molecule has 0 aliphatic carbocycles. The van der Waals surface area contributed by atoms with E-state index in [4.69, 9.17) is 0 Å². The summed E-state index contributed by atoms with van der Waals surface area (Å²) in [4.78, 5) is 28.6. The smallest absolute Gasteiger partial charge is 0.233 e. The largest absolute Gasteiger partial charge is 0.326 e. The number of amides is 2. The second kappa shape index (κ2) is 9.36. The minimum Gasteiger partial charge on any atom is -0.326 e. The van der Waals surface area contributed by atoms with Gasteiger partial charge in [0.2, 0.25) is 11.8 Å². The van der Waals surface area contributed by atoms with Crippen LogP contribution >= 0.6 is 15.9 Å². The van der Waals surface area contributed by atoms with E-state index in [1.807, 2.05) is 42.5 Å². The van der Waals surface area contributed by atoms with Crippen molar-refractivity contribution in [3.05, 3.63) is 82.7 Å². The van der Waals surface area contributed by atoms with Crippen molar-refractivity contribution >= 4 is 62.2 Å². The number of benzene rings is 2. The Hall–Kier alpha value is -3.78. The number of carbonyl (C=O) groups is 2. The lowest BCUT2D eigenvalue weighted by molar-refractivity contribution is -0.123. The van der Waals surface area contributed by atoms with Gasteiger partial charge in [-0.25, -0.2) is 0 Å². The van der Waals surface area contributed by atoms with Gasteiger partial charge in [0, 0.05) is 27.4 Å². The number of nitrogens with one attached hydrogen (secondary N) is 3. The van der Waals surface area contributed by atoms with Crippen molar-refractivity contribution in [1.29, 1.82) is 0 Å². The summed E-state index contributed by atoms with van der Waals surface area (Å²) in [6.07, 6.45) is 5.21. The maximum absolute atomic E-state index is 12.3. The highest BCUT2D eigenvalue weighted by atomic mass is 79.9. The maximum atomic E-state index is 12.3. The first-order chi connectivity index (χ1) is 15.1. The van der Waals surface area contributed by atoms with E-state index in [9.17, 15) is 9.59 Å². The fraction of sp³-hybridized carbons (Fsp3) is 0.0435. The molecule has 2 aromatic heterocycles. The van der Waals surface area contributed by atoms with E-state index in [1.54, 1.807) is 36.5 Å². The minimum atomic E-state index is -0.401. The molecule has 0 saturated heterocycles. The van der Waals surface area contributed by atoms with Crippen LogP contribution in [0.25, 0.3) is 23.1 Å². The molecule has 0 fully saturated rings. The molecule has 4 rings (SSSR count). The van der Waals surface area contributed by atoms with Crippen molar-refractivity contribution in [2.24, 2.45) is 0 Å². The lowest BCUT2D eigenvalue weighted by Crippen LogP contribution is -2.21. The molecule has 0 atom stereocenters. The molecule has 8 heteroatoms. The van der Waals surface area contributed by atoms with Crippen molar-refractivity contribution in [1.82, 2.24) is 15.2 Å². The van der Waals surface area contributed by atoms with E-state index < -0.39 is 5.91 Å². The number of aromatic nitrogens is 3. The number of fused-ring (bicyclic) bond motifs is 1. The number of nitrogens with zero attached hydrogens (tertiary/aromatic N) is 2. The maximum Gasteiger partial charge on any atom is 0.233 e. The second-order valence-corrected chi connectivity index (χ2v) is 7.66. The fourth-order valence-corrected chi connectivity index (χ4v) is 3.41. The molecule has 2 amide bonds. The van der Waals surface area contributed by atoms with Gasteiger partial charge >= 0.3 is 0 Å². The number of aromatic amines is 1. The first kappa shape index (κ1) is 20.5. The minimum absolute atomic E-state index is 0.286. The number of halogens is 1. The molecule has 0 bridgehead atoms. The first-order valence-corrected chi connectivity index (χ1v) is 10.3. The molecule has 0 radical (unpaired) electrons. The summed E-state index contributed by atoms with van der Waals surface area (Å²) in [5.74, 6) is -0.790. The SMILES string of the molecule is O=C(CC(=O)Nc1ccc2c(C=Cc3ccccn3)n[nH]c2c1)Nc1cccc(Br)c1. The predicted octanol–water partition coefficient (Wildman–Crippen LogP) is 4.86. The summed E-state index contributed by atoms with van der Waals surface area (Å²) < 4.78 is 0.844. The van der Waals surface area contributed by atoms with Crippen molar-refractivity contribution in [3.8, 4) is 0 Å². The third-order valence-electron chi connectivity index (χ3n) is 4.41. The van der Waals surface area contributed by atoms with Crippen LogP contribution in [0, 0.1) is 0 Å². The quantitative estimate of drug-likeness (QED) is 0.346. The Morgan fingerprint density at radius 2 is 1.74 bits per heavy atom. The van der Waals surface area contributed by atoms with Gasteiger partial charge in [-0.1, -0.05) is 28.1 Å². The lowest BCUT2D eigenvalue weighted by atomic mass is 10.1. The molecule has 2 aromatic carbocycles. The summed E-state index contributed by atoms with van der Waals surface area (Å²) in [6.45, 7) is 0. The van der Waals surface area contributed by atoms with Gasteiger partial charge in [0.05, 0.1) is 16.9 Å². The second-order valence-electron chi connectivity index (χ2n) is 6.74. The molecule has 2 heterocycles. The van der Waals surface area contributed by atoms with Crippen molar-refractivity contribution in [2.45, 2.75) is 6.42 Å². The van der Waals surface area contributed by atoms with Crippen LogP contribution in [0.4, 0.5) is 11.4 Å². The summed E-state index contributed by atoms with van der Waals surface area (Å²) in [7, 11) is 0. The Balaban J connectivity index is 1.39. The van der Waals surface area contributed by atoms with Crippen LogP contribution in [0.1, 0.15) is 17.8 Å². The Morgan fingerprint density at radius 3 is 2.48 bits per heavy atom. The average Bonchev–Trinajstić information content (AvgIpc) is 3.15. The van der Waals surface area contributed by atoms with Crippen LogP contribution < -0.4 is 10.6 Å². The van der Waals surface area contributed by atoms with E-state index in [2.05, 4.69) is 41.7 Å². The molecular formula is C23H18BrN5O2. The Labute approximate surface area is 186 Å². The molecule has 0 aliphatic rings. The van der Waals surface area contributed by atoms with Gasteiger partial charge in [0.15, 0.2) is 0 Å². The van der Waals surface area contributed by atoms with E-state index in [1.165, 1.54) is 0 Å². The van der Waals surface area contributed by atoms with Crippen LogP contribution in [0.3, 0.4) is 0 Å². The zero-order valence-corrected chi connectivity index (χ0v) is 17.9. The Morgan fingerprint density at radius 1 is 0.935 bits per heavy atom. The van der Waals surface area contributed by atoms with Crippen molar-refractivity contribution < 1.29 is 9.59 Å². The highest BCUT2D eigenvalue weighted by molar-refractivity contribution is 9.10. The fourth-order valence-electron chi connectivity index (χ4n) is 3.01. The molecule has 3 N–H and O–H groups in total. The number of rotatable bonds is 6. The molecule has 0 unspecified atom stereocenters. The van der Waals surface area contributed by atoms with Crippen LogP contribution in [-0.4, -0.2) is 27.0 Å². The van der Waals surface area contributed by atoms with Gasteiger partial charge < -0.3 is 10.6 Å². The molecule has 0 aliphatic heterocycles. The van der Waals surface area contributed by atoms with Gasteiger partial charge in [0.1, 0.15) is 6.42 Å². The zero-order chi connectivity index (χ0) is 21.6. The summed E-state index contributed by atoms with van der Waals surface area (Å²) in [5, 5.41) is 13.6. The topological polar surface area (TPSA) is 99.8 Å². The number of hydrogen-bond donors (Lipinski definition) is 3. The van der Waals surface area contributed by atoms with E-state index in [0.717, 1.165) is 26.8 Å². The normalized spacial score (nSPS) is 11.0. The monoisotopic (exact) mass is 475 g/mol. The standard InChI is InChI=1S/C23H18BrN5O2/c24-15-4-3-6-17(12-15)26-22(30)14-23(31)27-18-7-9-19-20(28-29-21(19)13-18)10-8-16-5-1-2-11-25-16/h1-13H,14H2,(H,26,30)(H,27,31)(H,28,29). The summed E-state index contributed by atoms with van der Waals surface area (Å²) in [5.41, 5.74) is 3.58. The van der Waals surface area contributed by atoms with Crippen molar-refractivity contribution in [2.75, 3.05) is 10.6 Å². The summed E-state index contributed by atoms with van der Waals surface area (Å²) in [6, 6.07) is 18.3. The average molecular weight is 476 g/mol. The zero-order valence-electron chi connectivity index (χ0n) is 16.3. The molecule has 0 saturated carbocycles. The molecule has 0 spiro atoms. The number of pyridine rings is 1.